The van der Waals surface area contributed by atoms with E-state index in [0.717, 1.165) is 42.6 Å². The van der Waals surface area contributed by atoms with E-state index in [0.29, 0.717) is 23.7 Å². The summed E-state index contributed by atoms with van der Waals surface area (Å²) in [5.41, 5.74) is 3.51. The zero-order valence-electron chi connectivity index (χ0n) is 18.2. The van der Waals surface area contributed by atoms with Crippen LogP contribution in [0.3, 0.4) is 0 Å². The Kier molecular flexibility index (Phi) is 5.26. The second-order valence-electron chi connectivity index (χ2n) is 8.63. The predicted octanol–water partition coefficient (Wildman–Crippen LogP) is 3.06. The third-order valence-corrected chi connectivity index (χ3v) is 6.12. The third-order valence-electron chi connectivity index (χ3n) is 6.12. The van der Waals surface area contributed by atoms with E-state index in [1.807, 2.05) is 24.4 Å². The molecule has 0 spiro atoms. The number of allylic oxidation sites excluding steroid dienone is 2. The van der Waals surface area contributed by atoms with E-state index in [4.69, 9.17) is 0 Å². The van der Waals surface area contributed by atoms with Crippen molar-refractivity contribution in [2.24, 2.45) is 0 Å². The number of nitrogens with one attached hydrogen (secondary N) is 2. The van der Waals surface area contributed by atoms with Crippen LogP contribution in [0.4, 0.5) is 4.39 Å². The molecular weight excluding hydrogens is 409 g/mol. The average molecular weight is 436 g/mol. The molecule has 0 saturated carbocycles. The van der Waals surface area contributed by atoms with E-state index in [-0.39, 0.29) is 11.6 Å². The minimum atomic E-state index is -0.398. The standard InChI is InChI=1S/C23H26FN7O/c1-29-7-5-19(6-8-29)31-12-16(11-25-31)15-3-4-21-20(9-15)22(28-27-21)23(32)26-18-10-17(24)13-30(2)14-18/h3-4,9-13,19H,5-8,14H2,1-2H3,(H,26,32)(H,27,28). The van der Waals surface area contributed by atoms with E-state index in [2.05, 4.69) is 43.4 Å². The zero-order chi connectivity index (χ0) is 22.2. The zero-order valence-corrected chi connectivity index (χ0v) is 18.2. The molecule has 0 radical (unpaired) electrons. The van der Waals surface area contributed by atoms with Crippen LogP contribution in [-0.4, -0.2) is 69.4 Å². The Morgan fingerprint density at radius 1 is 1.22 bits per heavy atom. The number of hydrogen-bond acceptors (Lipinski definition) is 5. The van der Waals surface area contributed by atoms with Crippen LogP contribution in [0.1, 0.15) is 29.4 Å². The minimum Gasteiger partial charge on any atom is -0.372 e. The molecule has 0 atom stereocenters. The fraction of sp³-hybridized carbons (Fsp3) is 0.348. The molecule has 1 aromatic carbocycles. The molecule has 9 heteroatoms. The maximum atomic E-state index is 13.7. The van der Waals surface area contributed by atoms with Crippen LogP contribution in [0, 0.1) is 0 Å². The highest BCUT2D eigenvalue weighted by Gasteiger charge is 2.21. The Balaban J connectivity index is 1.38. The summed E-state index contributed by atoms with van der Waals surface area (Å²) in [6, 6.07) is 6.27. The topological polar surface area (TPSA) is 82.1 Å². The summed E-state index contributed by atoms with van der Waals surface area (Å²) in [5.74, 6) is -0.769. The van der Waals surface area contributed by atoms with Crippen molar-refractivity contribution in [3.05, 3.63) is 60.1 Å². The van der Waals surface area contributed by atoms with Crippen LogP contribution in [0.25, 0.3) is 22.0 Å². The molecule has 0 bridgehead atoms. The van der Waals surface area contributed by atoms with Gasteiger partial charge in [0, 0.05) is 36.1 Å². The van der Waals surface area contributed by atoms with Crippen LogP contribution in [-0.2, 0) is 0 Å². The number of nitrogens with zero attached hydrogens (tertiary/aromatic N) is 5. The number of H-pyrrole nitrogens is 1. The van der Waals surface area contributed by atoms with Gasteiger partial charge >= 0.3 is 0 Å². The number of fused-ring (bicyclic) bond motifs is 1. The highest BCUT2D eigenvalue weighted by atomic mass is 19.1. The van der Waals surface area contributed by atoms with Crippen molar-refractivity contribution in [2.45, 2.75) is 18.9 Å². The highest BCUT2D eigenvalue weighted by Crippen LogP contribution is 2.28. The number of aromatic amines is 1. The first-order valence-electron chi connectivity index (χ1n) is 10.8. The first-order valence-corrected chi connectivity index (χ1v) is 10.8. The quantitative estimate of drug-likeness (QED) is 0.658. The molecular formula is C23H26FN7O. The van der Waals surface area contributed by atoms with Crippen molar-refractivity contribution < 1.29 is 9.18 Å². The van der Waals surface area contributed by atoms with E-state index in [1.54, 1.807) is 11.9 Å². The molecule has 8 nitrogen and oxygen atoms in total. The molecule has 32 heavy (non-hydrogen) atoms. The van der Waals surface area contributed by atoms with E-state index in [9.17, 15) is 9.18 Å². The van der Waals surface area contributed by atoms with Crippen molar-refractivity contribution in [3.63, 3.8) is 0 Å². The molecule has 1 fully saturated rings. The number of piperidine rings is 1. The summed E-state index contributed by atoms with van der Waals surface area (Å²) in [7, 11) is 3.90. The second-order valence-corrected chi connectivity index (χ2v) is 8.63. The van der Waals surface area contributed by atoms with Gasteiger partial charge in [0.15, 0.2) is 5.69 Å². The number of likely N-dealkylation sites (N-methyl/N-ethyl adjacent to an activating group) is 1. The van der Waals surface area contributed by atoms with Gasteiger partial charge < -0.3 is 15.1 Å². The smallest absolute Gasteiger partial charge is 0.276 e. The van der Waals surface area contributed by atoms with E-state index >= 15 is 0 Å². The third kappa shape index (κ3) is 4.03. The Hall–Kier alpha value is -3.46. The number of carbonyl (C=O) groups is 1. The fourth-order valence-electron chi connectivity index (χ4n) is 4.37. The Bertz CT molecular complexity index is 1220. The SMILES string of the molecule is CN1C=C(F)C=C(NC(=O)c2n[nH]c3ccc(-c4cnn(C5CCN(C)CC5)c4)cc23)C1. The predicted molar refractivity (Wildman–Crippen MR) is 120 cm³/mol. The van der Waals surface area contributed by atoms with Gasteiger partial charge in [-0.2, -0.15) is 10.2 Å². The van der Waals surface area contributed by atoms with Crippen molar-refractivity contribution in [2.75, 3.05) is 33.7 Å². The summed E-state index contributed by atoms with van der Waals surface area (Å²) >= 11 is 0. The Morgan fingerprint density at radius 3 is 2.81 bits per heavy atom. The number of hydrogen-bond donors (Lipinski definition) is 2. The van der Waals surface area contributed by atoms with Gasteiger partial charge in [0.05, 0.1) is 24.3 Å². The van der Waals surface area contributed by atoms with Crippen LogP contribution in [0.15, 0.2) is 54.4 Å². The molecule has 0 aliphatic carbocycles. The largest absolute Gasteiger partial charge is 0.372 e. The van der Waals surface area contributed by atoms with E-state index in [1.165, 1.54) is 12.3 Å². The van der Waals surface area contributed by atoms with Gasteiger partial charge in [-0.25, -0.2) is 4.39 Å². The van der Waals surface area contributed by atoms with Gasteiger partial charge in [0.2, 0.25) is 0 Å². The lowest BCUT2D eigenvalue weighted by Gasteiger charge is -2.28. The fourth-order valence-corrected chi connectivity index (χ4v) is 4.37. The number of likely N-dealkylation sites (tertiary alicyclic amines) is 1. The number of aromatic nitrogens is 4. The number of halogens is 1. The van der Waals surface area contributed by atoms with Gasteiger partial charge in [-0.1, -0.05) is 6.07 Å². The van der Waals surface area contributed by atoms with Gasteiger partial charge in [-0.15, -0.1) is 0 Å². The normalized spacial score (nSPS) is 18.0. The van der Waals surface area contributed by atoms with Crippen molar-refractivity contribution in [1.29, 1.82) is 0 Å². The van der Waals surface area contributed by atoms with Crippen LogP contribution < -0.4 is 5.32 Å². The molecule has 2 aromatic heterocycles. The van der Waals surface area contributed by atoms with Crippen LogP contribution in [0.5, 0.6) is 0 Å². The molecule has 1 amide bonds. The molecule has 2 aliphatic rings. The summed E-state index contributed by atoms with van der Waals surface area (Å²) in [6.07, 6.45) is 8.84. The number of amides is 1. The summed E-state index contributed by atoms with van der Waals surface area (Å²) in [6.45, 7) is 2.57. The average Bonchev–Trinajstić information content (AvgIpc) is 3.40. The lowest BCUT2D eigenvalue weighted by Crippen LogP contribution is -2.31. The molecule has 2 aliphatic heterocycles. The summed E-state index contributed by atoms with van der Waals surface area (Å²) < 4.78 is 15.7. The Labute approximate surface area is 185 Å². The summed E-state index contributed by atoms with van der Waals surface area (Å²) in [5, 5.41) is 15.2. The van der Waals surface area contributed by atoms with Gasteiger partial charge in [0.25, 0.3) is 5.91 Å². The minimum absolute atomic E-state index is 0.281. The number of carbonyl (C=O) groups excluding carboxylic acids is 1. The number of benzene rings is 1. The Morgan fingerprint density at radius 2 is 2.03 bits per heavy atom. The second kappa shape index (κ2) is 8.23. The van der Waals surface area contributed by atoms with Gasteiger partial charge in [0.1, 0.15) is 5.83 Å². The van der Waals surface area contributed by atoms with Crippen molar-refractivity contribution in [1.82, 2.24) is 35.1 Å². The van der Waals surface area contributed by atoms with Gasteiger partial charge in [-0.05, 0) is 56.8 Å². The van der Waals surface area contributed by atoms with E-state index < -0.39 is 5.83 Å². The van der Waals surface area contributed by atoms with Crippen molar-refractivity contribution in [3.8, 4) is 11.1 Å². The van der Waals surface area contributed by atoms with Crippen molar-refractivity contribution >= 4 is 16.8 Å². The van der Waals surface area contributed by atoms with Gasteiger partial charge in [-0.3, -0.25) is 14.6 Å². The lowest BCUT2D eigenvalue weighted by molar-refractivity contribution is 0.0960. The van der Waals surface area contributed by atoms with Crippen LogP contribution in [0.2, 0.25) is 0 Å². The lowest BCUT2D eigenvalue weighted by atomic mass is 10.0. The highest BCUT2D eigenvalue weighted by molar-refractivity contribution is 6.06. The first-order chi connectivity index (χ1) is 15.5. The number of rotatable bonds is 4. The molecule has 4 heterocycles. The monoisotopic (exact) mass is 435 g/mol. The van der Waals surface area contributed by atoms with Crippen LogP contribution >= 0.6 is 0 Å². The molecule has 0 unspecified atom stereocenters. The summed E-state index contributed by atoms with van der Waals surface area (Å²) in [4.78, 5) is 16.9. The first kappa shape index (κ1) is 20.4. The maximum Gasteiger partial charge on any atom is 0.276 e. The molecule has 5 rings (SSSR count). The molecule has 1 saturated heterocycles. The maximum absolute atomic E-state index is 13.7. The molecule has 3 aromatic rings. The molecule has 166 valence electrons. The molecule has 2 N–H and O–H groups in total.